The van der Waals surface area contributed by atoms with E-state index < -0.39 is 41.6 Å². The van der Waals surface area contributed by atoms with Crippen LogP contribution in [0.1, 0.15) is 49.3 Å². The average molecular weight is 570 g/mol. The van der Waals surface area contributed by atoms with Crippen molar-refractivity contribution in [1.29, 1.82) is 0 Å². The standard InChI is InChI=1S/C33H35N3O6/c1-4-22-20-36(31(37)34-29(22)35-38)30-28-27(41-32(2,3)42-28)26(40-30)21-39-33(23-14-8-5-9-15-23,24-16-10-6-11-17-24)25-18-12-7-13-19-25/h5-20,26-28,30,38H,4,21H2,1-3H3,(H,34,35,37)/t26-,27-,28-,30-/m1/s1. The summed E-state index contributed by atoms with van der Waals surface area (Å²) in [7, 11) is 0. The Labute approximate surface area is 244 Å². The second kappa shape index (κ2) is 11.4. The molecule has 9 heteroatoms. The average Bonchev–Trinajstić information content (AvgIpc) is 3.51. The lowest BCUT2D eigenvalue weighted by Gasteiger charge is -2.37. The molecule has 4 aromatic rings. The highest BCUT2D eigenvalue weighted by molar-refractivity contribution is 5.47. The number of hydrogen-bond acceptors (Lipinski definition) is 8. The lowest BCUT2D eigenvalue weighted by Crippen LogP contribution is -2.39. The van der Waals surface area contributed by atoms with Crippen LogP contribution in [0.5, 0.6) is 0 Å². The van der Waals surface area contributed by atoms with Crippen LogP contribution >= 0.6 is 0 Å². The summed E-state index contributed by atoms with van der Waals surface area (Å²) in [6.45, 7) is 5.75. The highest BCUT2D eigenvalue weighted by atomic mass is 16.8. The number of ether oxygens (including phenoxy) is 4. The summed E-state index contributed by atoms with van der Waals surface area (Å²) < 4.78 is 27.6. The number of nitrogens with one attached hydrogen (secondary N) is 1. The van der Waals surface area contributed by atoms with Crippen LogP contribution in [-0.4, -0.2) is 45.5 Å². The van der Waals surface area contributed by atoms with Crippen LogP contribution in [0.3, 0.4) is 0 Å². The Bertz CT molecular complexity index is 1460. The highest BCUT2D eigenvalue weighted by Crippen LogP contribution is 2.45. The maximum atomic E-state index is 13.1. The molecule has 2 fully saturated rings. The molecule has 3 aromatic carbocycles. The van der Waals surface area contributed by atoms with E-state index >= 15 is 0 Å². The summed E-state index contributed by atoms with van der Waals surface area (Å²) in [6.07, 6.45) is -0.258. The number of aromatic nitrogens is 2. The van der Waals surface area contributed by atoms with Gasteiger partial charge >= 0.3 is 5.69 Å². The van der Waals surface area contributed by atoms with Crippen LogP contribution in [0.4, 0.5) is 5.82 Å². The molecular formula is C33H35N3O6. The van der Waals surface area contributed by atoms with Gasteiger partial charge in [-0.15, -0.1) is 0 Å². The Kier molecular flexibility index (Phi) is 7.69. The molecule has 42 heavy (non-hydrogen) atoms. The van der Waals surface area contributed by atoms with Crippen molar-refractivity contribution in [2.24, 2.45) is 0 Å². The summed E-state index contributed by atoms with van der Waals surface area (Å²) >= 11 is 0. The normalized spacial score (nSPS) is 23.0. The molecule has 0 spiro atoms. The van der Waals surface area contributed by atoms with E-state index in [1.807, 2.05) is 80.8 Å². The number of nitrogens with zero attached hydrogens (tertiary/aromatic N) is 2. The van der Waals surface area contributed by atoms with E-state index in [-0.39, 0.29) is 12.4 Å². The fourth-order valence-electron chi connectivity index (χ4n) is 6.04. The summed E-state index contributed by atoms with van der Waals surface area (Å²) in [6, 6.07) is 30.4. The molecular weight excluding hydrogens is 534 g/mol. The van der Waals surface area contributed by atoms with Crippen LogP contribution in [0.15, 0.2) is 102 Å². The molecule has 0 amide bonds. The summed E-state index contributed by atoms with van der Waals surface area (Å²) in [5.41, 5.74) is 4.06. The summed E-state index contributed by atoms with van der Waals surface area (Å²) in [5.74, 6) is -0.766. The second-order valence-corrected chi connectivity index (χ2v) is 11.0. The molecule has 3 heterocycles. The first-order valence-electron chi connectivity index (χ1n) is 14.2. The molecule has 1 aromatic heterocycles. The molecule has 2 aliphatic rings. The minimum absolute atomic E-state index is 0.121. The minimum Gasteiger partial charge on any atom is -0.358 e. The van der Waals surface area contributed by atoms with E-state index in [0.717, 1.165) is 16.7 Å². The van der Waals surface area contributed by atoms with Crippen LogP contribution in [0.25, 0.3) is 0 Å². The van der Waals surface area contributed by atoms with E-state index in [2.05, 4.69) is 41.4 Å². The van der Waals surface area contributed by atoms with Gasteiger partial charge in [0.15, 0.2) is 17.8 Å². The van der Waals surface area contributed by atoms with E-state index in [1.165, 1.54) is 4.57 Å². The lowest BCUT2D eigenvalue weighted by atomic mass is 9.80. The number of anilines is 1. The molecule has 2 N–H and O–H groups in total. The van der Waals surface area contributed by atoms with Crippen LogP contribution in [-0.2, 0) is 31.0 Å². The van der Waals surface area contributed by atoms with Crippen molar-refractivity contribution in [2.45, 2.75) is 63.1 Å². The highest BCUT2D eigenvalue weighted by Gasteiger charge is 2.57. The molecule has 0 aliphatic carbocycles. The Morgan fingerprint density at radius 2 is 1.43 bits per heavy atom. The Hall–Kier alpha value is -3.86. The number of fused-ring (bicyclic) bond motifs is 1. The van der Waals surface area contributed by atoms with Gasteiger partial charge in [0.25, 0.3) is 0 Å². The zero-order valence-corrected chi connectivity index (χ0v) is 23.8. The first-order chi connectivity index (χ1) is 20.4. The SMILES string of the molecule is CCc1cn([C@@H]2O[C@H](COC(c3ccccc3)(c3ccccc3)c3ccccc3)[C@H]3OC(C)(C)O[C@H]32)c(=O)nc1NO. The first kappa shape index (κ1) is 28.3. The molecule has 4 atom stereocenters. The van der Waals surface area contributed by atoms with Gasteiger partial charge in [-0.1, -0.05) is 97.9 Å². The fourth-order valence-corrected chi connectivity index (χ4v) is 6.04. The van der Waals surface area contributed by atoms with Gasteiger partial charge in [-0.25, -0.2) is 4.79 Å². The van der Waals surface area contributed by atoms with Gasteiger partial charge in [0.1, 0.15) is 23.9 Å². The van der Waals surface area contributed by atoms with E-state index in [4.69, 9.17) is 18.9 Å². The third-order valence-electron chi connectivity index (χ3n) is 7.92. The van der Waals surface area contributed by atoms with Crippen molar-refractivity contribution in [3.63, 3.8) is 0 Å². The van der Waals surface area contributed by atoms with Gasteiger partial charge in [-0.05, 0) is 37.0 Å². The molecule has 2 aliphatic heterocycles. The number of benzene rings is 3. The van der Waals surface area contributed by atoms with Gasteiger partial charge in [0.2, 0.25) is 0 Å². The molecule has 2 saturated heterocycles. The predicted octanol–water partition coefficient (Wildman–Crippen LogP) is 5.03. The maximum Gasteiger partial charge on any atom is 0.351 e. The Morgan fingerprint density at radius 1 is 0.905 bits per heavy atom. The second-order valence-electron chi connectivity index (χ2n) is 11.0. The fraction of sp³-hybridized carbons (Fsp3) is 0.333. The lowest BCUT2D eigenvalue weighted by molar-refractivity contribution is -0.205. The first-order valence-corrected chi connectivity index (χ1v) is 14.2. The largest absolute Gasteiger partial charge is 0.358 e. The van der Waals surface area contributed by atoms with Crippen molar-refractivity contribution in [3.8, 4) is 0 Å². The van der Waals surface area contributed by atoms with Gasteiger partial charge in [0, 0.05) is 11.8 Å². The summed E-state index contributed by atoms with van der Waals surface area (Å²) in [5, 5.41) is 9.47. The number of rotatable bonds is 9. The van der Waals surface area contributed by atoms with Gasteiger partial charge in [-0.2, -0.15) is 4.98 Å². The maximum absolute atomic E-state index is 13.1. The number of aryl methyl sites for hydroxylation is 1. The number of hydrogen-bond donors (Lipinski definition) is 2. The van der Waals surface area contributed by atoms with Crippen LogP contribution in [0.2, 0.25) is 0 Å². The third-order valence-corrected chi connectivity index (χ3v) is 7.92. The molecule has 0 unspecified atom stereocenters. The molecule has 0 bridgehead atoms. The van der Waals surface area contributed by atoms with Crippen molar-refractivity contribution in [2.75, 3.05) is 12.1 Å². The van der Waals surface area contributed by atoms with Gasteiger partial charge < -0.3 is 18.9 Å². The molecule has 9 nitrogen and oxygen atoms in total. The van der Waals surface area contributed by atoms with E-state index in [1.54, 1.807) is 6.20 Å². The van der Waals surface area contributed by atoms with Crippen LogP contribution < -0.4 is 11.2 Å². The van der Waals surface area contributed by atoms with Gasteiger partial charge in [-0.3, -0.25) is 15.3 Å². The van der Waals surface area contributed by atoms with Crippen molar-refractivity contribution >= 4 is 5.82 Å². The van der Waals surface area contributed by atoms with Crippen LogP contribution in [0, 0.1) is 0 Å². The quantitative estimate of drug-likeness (QED) is 0.214. The Balaban J connectivity index is 1.40. The zero-order chi connectivity index (χ0) is 29.3. The monoisotopic (exact) mass is 569 g/mol. The van der Waals surface area contributed by atoms with E-state index in [9.17, 15) is 10.0 Å². The smallest absolute Gasteiger partial charge is 0.351 e. The third kappa shape index (κ3) is 5.04. The zero-order valence-electron chi connectivity index (χ0n) is 23.8. The van der Waals surface area contributed by atoms with Crippen molar-refractivity contribution < 1.29 is 24.2 Å². The molecule has 218 valence electrons. The van der Waals surface area contributed by atoms with Crippen molar-refractivity contribution in [1.82, 2.24) is 9.55 Å². The minimum atomic E-state index is -0.947. The molecule has 0 saturated carbocycles. The van der Waals surface area contributed by atoms with Crippen molar-refractivity contribution in [3.05, 3.63) is 130 Å². The topological polar surface area (TPSA) is 104 Å². The summed E-state index contributed by atoms with van der Waals surface area (Å²) in [4.78, 5) is 17.1. The van der Waals surface area contributed by atoms with E-state index in [0.29, 0.717) is 12.0 Å². The molecule has 0 radical (unpaired) electrons. The molecule has 6 rings (SSSR count). The van der Waals surface area contributed by atoms with Gasteiger partial charge in [0.05, 0.1) is 6.61 Å². The Morgan fingerprint density at radius 3 is 1.93 bits per heavy atom. The predicted molar refractivity (Wildman–Crippen MR) is 156 cm³/mol.